The van der Waals surface area contributed by atoms with Crippen molar-refractivity contribution in [3.8, 4) is 5.88 Å². The molecule has 4 heterocycles. The molecule has 0 saturated heterocycles. The number of rotatable bonds is 4. The summed E-state index contributed by atoms with van der Waals surface area (Å²) in [5, 5.41) is 5.63. The van der Waals surface area contributed by atoms with Gasteiger partial charge in [0.25, 0.3) is 0 Å². The van der Waals surface area contributed by atoms with Crippen LogP contribution in [0.2, 0.25) is 0 Å². The van der Waals surface area contributed by atoms with Crippen molar-refractivity contribution in [2.45, 2.75) is 38.7 Å². The van der Waals surface area contributed by atoms with Crippen LogP contribution in [-0.2, 0) is 6.54 Å². The van der Waals surface area contributed by atoms with Crippen LogP contribution < -0.4 is 15.4 Å². The minimum absolute atomic E-state index is 0.00268. The first kappa shape index (κ1) is 20.1. The van der Waals surface area contributed by atoms with Crippen LogP contribution in [-0.4, -0.2) is 44.7 Å². The third kappa shape index (κ3) is 3.82. The molecular weight excluding hydrogens is 397 g/mol. The summed E-state index contributed by atoms with van der Waals surface area (Å²) in [6, 6.07) is 2.04. The summed E-state index contributed by atoms with van der Waals surface area (Å²) in [5.41, 5.74) is 3.75. The number of imidazole rings is 1. The van der Waals surface area contributed by atoms with E-state index in [1.54, 1.807) is 6.20 Å². The maximum Gasteiger partial charge on any atom is 0.408 e. The minimum atomic E-state index is -4.42. The van der Waals surface area contributed by atoms with Crippen molar-refractivity contribution in [1.82, 2.24) is 24.7 Å². The molecule has 0 saturated carbocycles. The van der Waals surface area contributed by atoms with Gasteiger partial charge in [0, 0.05) is 31.2 Å². The number of halogens is 3. The van der Waals surface area contributed by atoms with Crippen molar-refractivity contribution in [3.63, 3.8) is 0 Å². The van der Waals surface area contributed by atoms with E-state index in [0.29, 0.717) is 17.8 Å². The molecule has 1 aliphatic heterocycles. The molecule has 0 amide bonds. The molecule has 0 radical (unpaired) electrons. The highest BCUT2D eigenvalue weighted by Crippen LogP contribution is 2.35. The van der Waals surface area contributed by atoms with E-state index in [2.05, 4.69) is 25.6 Å². The van der Waals surface area contributed by atoms with Gasteiger partial charge in [0.2, 0.25) is 11.8 Å². The first-order valence-corrected chi connectivity index (χ1v) is 9.43. The van der Waals surface area contributed by atoms with E-state index in [0.717, 1.165) is 23.7 Å². The van der Waals surface area contributed by atoms with Crippen LogP contribution >= 0.6 is 0 Å². The molecule has 30 heavy (non-hydrogen) atoms. The van der Waals surface area contributed by atoms with Crippen molar-refractivity contribution >= 4 is 17.2 Å². The molecule has 1 aliphatic rings. The third-order valence-electron chi connectivity index (χ3n) is 4.96. The number of hydrogen-bond donors (Lipinski definition) is 2. The first-order chi connectivity index (χ1) is 14.3. The number of fused-ring (bicyclic) bond motifs is 2. The lowest BCUT2D eigenvalue weighted by atomic mass is 9.97. The van der Waals surface area contributed by atoms with Gasteiger partial charge in [0.05, 0.1) is 18.4 Å². The van der Waals surface area contributed by atoms with E-state index in [4.69, 9.17) is 4.74 Å². The Bertz CT molecular complexity index is 1110. The second-order valence-corrected chi connectivity index (χ2v) is 7.15. The van der Waals surface area contributed by atoms with E-state index in [1.165, 1.54) is 7.11 Å². The summed E-state index contributed by atoms with van der Waals surface area (Å²) in [7, 11) is 1.44. The zero-order valence-electron chi connectivity index (χ0n) is 16.7. The quantitative estimate of drug-likeness (QED) is 0.676. The zero-order chi connectivity index (χ0) is 21.5. The Labute approximate surface area is 171 Å². The van der Waals surface area contributed by atoms with Crippen LogP contribution in [0.3, 0.4) is 0 Å². The molecule has 2 atom stereocenters. The van der Waals surface area contributed by atoms with Gasteiger partial charge in [-0.05, 0) is 37.1 Å². The number of nitrogens with zero attached hydrogens (tertiary/aromatic N) is 4. The van der Waals surface area contributed by atoms with Crippen molar-refractivity contribution in [2.75, 3.05) is 12.4 Å². The molecule has 0 fully saturated rings. The van der Waals surface area contributed by atoms with Crippen molar-refractivity contribution in [3.05, 3.63) is 53.6 Å². The Kier molecular flexibility index (Phi) is 5.10. The number of anilines is 1. The fourth-order valence-corrected chi connectivity index (χ4v) is 3.34. The second-order valence-electron chi connectivity index (χ2n) is 7.15. The number of methoxy groups -OCH3 is 1. The zero-order valence-corrected chi connectivity index (χ0v) is 16.7. The predicted molar refractivity (Wildman–Crippen MR) is 106 cm³/mol. The van der Waals surface area contributed by atoms with Crippen LogP contribution in [0.25, 0.3) is 11.2 Å². The van der Waals surface area contributed by atoms with E-state index in [9.17, 15) is 13.2 Å². The van der Waals surface area contributed by atoms with Gasteiger partial charge in [0.15, 0.2) is 0 Å². The molecule has 0 aliphatic carbocycles. The van der Waals surface area contributed by atoms with Crippen LogP contribution in [0.5, 0.6) is 5.88 Å². The molecule has 2 N–H and O–H groups in total. The molecule has 0 aromatic carbocycles. The van der Waals surface area contributed by atoms with Gasteiger partial charge in [-0.3, -0.25) is 0 Å². The van der Waals surface area contributed by atoms with Gasteiger partial charge in [-0.2, -0.15) is 18.2 Å². The van der Waals surface area contributed by atoms with Gasteiger partial charge in [0.1, 0.15) is 11.7 Å². The van der Waals surface area contributed by atoms with Gasteiger partial charge in [-0.1, -0.05) is 6.08 Å². The summed E-state index contributed by atoms with van der Waals surface area (Å²) in [4.78, 5) is 12.9. The van der Waals surface area contributed by atoms with Crippen LogP contribution in [0.1, 0.15) is 30.7 Å². The highest BCUT2D eigenvalue weighted by Gasteiger charge is 2.37. The summed E-state index contributed by atoms with van der Waals surface area (Å²) < 4.78 is 46.3. The lowest BCUT2D eigenvalue weighted by Crippen LogP contribution is -2.34. The van der Waals surface area contributed by atoms with Crippen molar-refractivity contribution in [2.24, 2.45) is 0 Å². The number of pyridine rings is 1. The van der Waals surface area contributed by atoms with E-state index < -0.39 is 12.2 Å². The first-order valence-electron chi connectivity index (χ1n) is 9.43. The summed E-state index contributed by atoms with van der Waals surface area (Å²) in [5.74, 6) is 0.0842. The number of aromatic nitrogens is 4. The maximum atomic E-state index is 13.0. The van der Waals surface area contributed by atoms with Gasteiger partial charge >= 0.3 is 6.18 Å². The fourth-order valence-electron chi connectivity index (χ4n) is 3.34. The molecule has 3 aromatic rings. The monoisotopic (exact) mass is 418 g/mol. The maximum absolute atomic E-state index is 13.0. The smallest absolute Gasteiger partial charge is 0.408 e. The Hall–Kier alpha value is -3.14. The molecule has 158 valence electrons. The highest BCUT2D eigenvalue weighted by atomic mass is 19.4. The summed E-state index contributed by atoms with van der Waals surface area (Å²) in [6.45, 7) is 3.37. The van der Waals surface area contributed by atoms with Crippen molar-refractivity contribution in [1.29, 1.82) is 0 Å². The lowest BCUT2D eigenvalue weighted by Gasteiger charge is -2.20. The number of alkyl halides is 3. The van der Waals surface area contributed by atoms with E-state index in [1.807, 2.05) is 41.9 Å². The SMILES string of the molecule is COc1nc(N[C@H](C)C(F)(F)F)nc2c1C(c1ccc3nccn3c1)=C[C@@H](C)NC2. The molecular formula is C20H21F3N6O. The van der Waals surface area contributed by atoms with E-state index in [-0.39, 0.29) is 17.9 Å². The second kappa shape index (κ2) is 7.60. The number of hydrogen-bond acceptors (Lipinski definition) is 6. The largest absolute Gasteiger partial charge is 0.480 e. The molecule has 10 heteroatoms. The topological polar surface area (TPSA) is 76.4 Å². The number of nitrogens with one attached hydrogen (secondary N) is 2. The van der Waals surface area contributed by atoms with Crippen LogP contribution in [0.4, 0.5) is 19.1 Å². The number of ether oxygens (including phenoxy) is 1. The average molecular weight is 418 g/mol. The molecule has 4 rings (SSSR count). The van der Waals surface area contributed by atoms with Crippen molar-refractivity contribution < 1.29 is 17.9 Å². The van der Waals surface area contributed by atoms with E-state index >= 15 is 0 Å². The fraction of sp³-hybridized carbons (Fsp3) is 0.350. The standard InChI is InChI=1S/C20H21F3N6O/c1-11-8-14(13-4-5-16-24-6-7-29(16)10-13)17-15(9-25-11)27-19(28-18(17)30-3)26-12(2)20(21,22)23/h4-8,10-12,25H,9H2,1-3H3,(H,26,27,28)/t11-,12-/m1/s1. The van der Waals surface area contributed by atoms with Gasteiger partial charge in [-0.25, -0.2) is 9.97 Å². The van der Waals surface area contributed by atoms with Crippen LogP contribution in [0, 0.1) is 0 Å². The average Bonchev–Trinajstić information content (AvgIpc) is 3.10. The third-order valence-corrected chi connectivity index (χ3v) is 4.96. The molecule has 3 aromatic heterocycles. The predicted octanol–water partition coefficient (Wildman–Crippen LogP) is 3.42. The highest BCUT2D eigenvalue weighted by molar-refractivity contribution is 5.84. The Morgan fingerprint density at radius 3 is 2.83 bits per heavy atom. The van der Waals surface area contributed by atoms with Crippen LogP contribution in [0.15, 0.2) is 36.8 Å². The Morgan fingerprint density at radius 1 is 1.30 bits per heavy atom. The van der Waals surface area contributed by atoms with Gasteiger partial charge < -0.3 is 19.8 Å². The minimum Gasteiger partial charge on any atom is -0.480 e. The molecule has 7 nitrogen and oxygen atoms in total. The summed E-state index contributed by atoms with van der Waals surface area (Å²) in [6.07, 6.45) is 3.11. The van der Waals surface area contributed by atoms with Gasteiger partial charge in [-0.15, -0.1) is 0 Å². The Balaban J connectivity index is 1.82. The normalized spacial score (nSPS) is 17.8. The molecule has 0 bridgehead atoms. The molecule has 0 unspecified atom stereocenters. The lowest BCUT2D eigenvalue weighted by molar-refractivity contribution is -0.138. The Morgan fingerprint density at radius 2 is 2.10 bits per heavy atom. The molecule has 0 spiro atoms. The summed E-state index contributed by atoms with van der Waals surface area (Å²) >= 11 is 0.